The molecular formula is C26H36F2N2O4. The lowest BCUT2D eigenvalue weighted by molar-refractivity contribution is -0.145. The van der Waals surface area contributed by atoms with Gasteiger partial charge in [-0.15, -0.1) is 0 Å². The Bertz CT molecular complexity index is 872. The molecule has 34 heavy (non-hydrogen) atoms. The number of fused-ring (bicyclic) bond motifs is 1. The minimum atomic E-state index is -2.85. The molecule has 2 saturated carbocycles. The highest BCUT2D eigenvalue weighted by molar-refractivity contribution is 5.85. The van der Waals surface area contributed by atoms with Crippen LogP contribution in [0.5, 0.6) is 0 Å². The molecule has 1 aromatic heterocycles. The zero-order chi connectivity index (χ0) is 24.1. The number of halogens is 2. The van der Waals surface area contributed by atoms with Crippen LogP contribution in [0.25, 0.3) is 0 Å². The molecule has 0 aliphatic heterocycles. The van der Waals surface area contributed by atoms with E-state index in [2.05, 4.69) is 17.4 Å². The van der Waals surface area contributed by atoms with Crippen LogP contribution < -0.4 is 5.32 Å². The van der Waals surface area contributed by atoms with Crippen molar-refractivity contribution in [2.45, 2.75) is 102 Å². The number of nitrogens with one attached hydrogen (secondary N) is 1. The van der Waals surface area contributed by atoms with Crippen molar-refractivity contribution < 1.29 is 28.2 Å². The van der Waals surface area contributed by atoms with E-state index in [-0.39, 0.29) is 32.0 Å². The molecule has 2 N–H and O–H groups in total. The number of ether oxygens (including phenoxy) is 1. The second kappa shape index (κ2) is 11.1. The lowest BCUT2D eigenvalue weighted by atomic mass is 9.79. The maximum absolute atomic E-state index is 13.6. The third-order valence-corrected chi connectivity index (χ3v) is 7.62. The van der Waals surface area contributed by atoms with Crippen molar-refractivity contribution in [3.63, 3.8) is 0 Å². The third-order valence-electron chi connectivity index (χ3n) is 7.62. The Balaban J connectivity index is 1.13. The Morgan fingerprint density at radius 1 is 1.21 bits per heavy atom. The fourth-order valence-corrected chi connectivity index (χ4v) is 5.46. The number of carboxylic acids is 1. The number of rotatable bonds is 10. The minimum Gasteiger partial charge on any atom is -0.480 e. The first kappa shape index (κ1) is 25.0. The second-order valence-electron chi connectivity index (χ2n) is 10.3. The Kier molecular flexibility index (Phi) is 8.17. The van der Waals surface area contributed by atoms with E-state index in [4.69, 9.17) is 9.72 Å². The molecule has 2 unspecified atom stereocenters. The molecule has 1 amide bonds. The summed E-state index contributed by atoms with van der Waals surface area (Å²) in [6, 6.07) is 3.28. The number of hydrogen-bond donors (Lipinski definition) is 2. The molecular weight excluding hydrogens is 442 g/mol. The van der Waals surface area contributed by atoms with Gasteiger partial charge >= 0.3 is 5.97 Å². The van der Waals surface area contributed by atoms with E-state index in [9.17, 15) is 23.5 Å². The van der Waals surface area contributed by atoms with Crippen molar-refractivity contribution in [2.75, 3.05) is 6.61 Å². The summed E-state index contributed by atoms with van der Waals surface area (Å²) in [5.41, 5.74) is 3.84. The van der Waals surface area contributed by atoms with Gasteiger partial charge in [0.05, 0.1) is 6.10 Å². The number of carbonyl (C=O) groups is 2. The fourth-order valence-electron chi connectivity index (χ4n) is 5.46. The van der Waals surface area contributed by atoms with Gasteiger partial charge in [0, 0.05) is 43.2 Å². The van der Waals surface area contributed by atoms with E-state index in [1.807, 2.05) is 0 Å². The van der Waals surface area contributed by atoms with Crippen molar-refractivity contribution in [2.24, 2.45) is 11.8 Å². The molecule has 6 nitrogen and oxygen atoms in total. The van der Waals surface area contributed by atoms with Crippen molar-refractivity contribution >= 4 is 11.9 Å². The van der Waals surface area contributed by atoms with Gasteiger partial charge in [0.1, 0.15) is 6.04 Å². The standard InChI is InChI=1S/C26H36F2N2O4/c27-26(28)12-3-5-19(16-26)24(31)30-23(25(32)33)11-13-34-21-14-17(15-21)7-9-20-10-8-18-4-1-2-6-22(18)29-20/h8,10,17,19,21,23H,1-7,9,11-16H2,(H,30,31)(H,32,33). The number of aromatic nitrogens is 1. The first-order valence-electron chi connectivity index (χ1n) is 12.8. The molecule has 4 rings (SSSR count). The van der Waals surface area contributed by atoms with E-state index >= 15 is 0 Å². The molecule has 0 radical (unpaired) electrons. The molecule has 0 spiro atoms. The molecule has 2 fully saturated rings. The number of aryl methyl sites for hydroxylation is 3. The Hall–Kier alpha value is -2.09. The molecule has 1 aromatic rings. The molecule has 0 bridgehead atoms. The summed E-state index contributed by atoms with van der Waals surface area (Å²) in [6.45, 7) is 0.224. The fraction of sp³-hybridized carbons (Fsp3) is 0.731. The van der Waals surface area contributed by atoms with Gasteiger partial charge < -0.3 is 15.2 Å². The second-order valence-corrected chi connectivity index (χ2v) is 10.3. The van der Waals surface area contributed by atoms with Crippen LogP contribution in [0, 0.1) is 11.8 Å². The molecule has 188 valence electrons. The molecule has 0 saturated heterocycles. The first-order valence-corrected chi connectivity index (χ1v) is 12.8. The predicted octanol–water partition coefficient (Wildman–Crippen LogP) is 4.47. The van der Waals surface area contributed by atoms with E-state index in [1.165, 1.54) is 29.8 Å². The van der Waals surface area contributed by atoms with Crippen molar-refractivity contribution in [3.8, 4) is 0 Å². The normalized spacial score (nSPS) is 26.7. The van der Waals surface area contributed by atoms with E-state index < -0.39 is 36.2 Å². The number of carboxylic acid groups (broad SMARTS) is 1. The van der Waals surface area contributed by atoms with Gasteiger partial charge in [-0.05, 0) is 81.8 Å². The maximum atomic E-state index is 13.6. The van der Waals surface area contributed by atoms with Gasteiger partial charge in [0.25, 0.3) is 0 Å². The summed E-state index contributed by atoms with van der Waals surface area (Å²) in [5, 5.41) is 11.9. The molecule has 1 heterocycles. The average molecular weight is 479 g/mol. The van der Waals surface area contributed by atoms with Crippen molar-refractivity contribution in [1.82, 2.24) is 10.3 Å². The molecule has 8 heteroatoms. The van der Waals surface area contributed by atoms with Gasteiger partial charge in [-0.25, -0.2) is 13.6 Å². The van der Waals surface area contributed by atoms with Gasteiger partial charge in [0.15, 0.2) is 0 Å². The van der Waals surface area contributed by atoms with Gasteiger partial charge in [-0.1, -0.05) is 6.07 Å². The summed E-state index contributed by atoms with van der Waals surface area (Å²) in [5.74, 6) is -4.84. The van der Waals surface area contributed by atoms with E-state index in [0.717, 1.165) is 38.5 Å². The minimum absolute atomic E-state index is 0.115. The van der Waals surface area contributed by atoms with Crippen molar-refractivity contribution in [1.29, 1.82) is 0 Å². The van der Waals surface area contributed by atoms with Crippen LogP contribution in [-0.4, -0.2) is 46.6 Å². The van der Waals surface area contributed by atoms with Crippen LogP contribution in [0.2, 0.25) is 0 Å². The van der Waals surface area contributed by atoms with Gasteiger partial charge in [-0.2, -0.15) is 0 Å². The molecule has 0 aromatic carbocycles. The average Bonchev–Trinajstić information content (AvgIpc) is 2.78. The summed E-state index contributed by atoms with van der Waals surface area (Å²) in [4.78, 5) is 28.7. The molecule has 3 aliphatic rings. The topological polar surface area (TPSA) is 88.5 Å². The SMILES string of the molecule is O=C(NC(CCOC1CC(CCc2ccc3c(n2)CCCC3)C1)C(=O)O)C1CCCC(F)(F)C1. The Labute approximate surface area is 199 Å². The van der Waals surface area contributed by atoms with Gasteiger partial charge in [0.2, 0.25) is 11.8 Å². The number of amides is 1. The lowest BCUT2D eigenvalue weighted by Crippen LogP contribution is -2.46. The van der Waals surface area contributed by atoms with Crippen LogP contribution >= 0.6 is 0 Å². The number of pyridine rings is 1. The number of hydrogen-bond acceptors (Lipinski definition) is 4. The van der Waals surface area contributed by atoms with E-state index in [1.54, 1.807) is 0 Å². The summed E-state index contributed by atoms with van der Waals surface area (Å²) >= 11 is 0. The van der Waals surface area contributed by atoms with Gasteiger partial charge in [-0.3, -0.25) is 9.78 Å². The third kappa shape index (κ3) is 6.74. The number of carbonyl (C=O) groups excluding carboxylic acids is 1. The van der Waals surface area contributed by atoms with Crippen LogP contribution in [0.15, 0.2) is 12.1 Å². The first-order chi connectivity index (χ1) is 16.3. The zero-order valence-corrected chi connectivity index (χ0v) is 19.7. The molecule has 3 aliphatic carbocycles. The highest BCUT2D eigenvalue weighted by atomic mass is 19.3. The number of alkyl halides is 2. The summed E-state index contributed by atoms with van der Waals surface area (Å²) < 4.78 is 33.0. The maximum Gasteiger partial charge on any atom is 0.326 e. The van der Waals surface area contributed by atoms with Crippen LogP contribution in [-0.2, 0) is 33.6 Å². The van der Waals surface area contributed by atoms with Crippen molar-refractivity contribution in [3.05, 3.63) is 29.1 Å². The smallest absolute Gasteiger partial charge is 0.326 e. The Morgan fingerprint density at radius 3 is 2.76 bits per heavy atom. The summed E-state index contributed by atoms with van der Waals surface area (Å²) in [7, 11) is 0. The quantitative estimate of drug-likeness (QED) is 0.518. The number of nitrogens with zero attached hydrogens (tertiary/aromatic N) is 1. The van der Waals surface area contributed by atoms with Crippen LogP contribution in [0.4, 0.5) is 8.78 Å². The predicted molar refractivity (Wildman–Crippen MR) is 123 cm³/mol. The molecule has 2 atom stereocenters. The monoisotopic (exact) mass is 478 g/mol. The summed E-state index contributed by atoms with van der Waals surface area (Å²) in [6.07, 6.45) is 8.85. The van der Waals surface area contributed by atoms with Crippen LogP contribution in [0.3, 0.4) is 0 Å². The zero-order valence-electron chi connectivity index (χ0n) is 19.7. The lowest BCUT2D eigenvalue weighted by Gasteiger charge is -2.35. The Morgan fingerprint density at radius 2 is 2.00 bits per heavy atom. The highest BCUT2D eigenvalue weighted by Crippen LogP contribution is 2.37. The highest BCUT2D eigenvalue weighted by Gasteiger charge is 2.40. The largest absolute Gasteiger partial charge is 0.480 e. The number of aliphatic carboxylic acids is 1. The van der Waals surface area contributed by atoms with E-state index in [0.29, 0.717) is 12.3 Å². The van der Waals surface area contributed by atoms with Crippen LogP contribution in [0.1, 0.15) is 81.2 Å².